The molecule has 0 aliphatic rings. The summed E-state index contributed by atoms with van der Waals surface area (Å²) in [6.07, 6.45) is 1.10. The van der Waals surface area contributed by atoms with Gasteiger partial charge in [0.05, 0.1) is 12.6 Å². The first-order valence-electron chi connectivity index (χ1n) is 9.06. The molecular formula is C22H23FN2O3. The van der Waals surface area contributed by atoms with Gasteiger partial charge in [0.15, 0.2) is 5.82 Å². The summed E-state index contributed by atoms with van der Waals surface area (Å²) >= 11 is 0. The second-order valence-corrected chi connectivity index (χ2v) is 6.80. The summed E-state index contributed by atoms with van der Waals surface area (Å²) in [7, 11) is 1.47. The Kier molecular flexibility index (Phi) is 5.49. The number of aryl methyl sites for hydroxylation is 2. The lowest BCUT2D eigenvalue weighted by atomic mass is 10.0. The van der Waals surface area contributed by atoms with Crippen LogP contribution in [0.3, 0.4) is 0 Å². The summed E-state index contributed by atoms with van der Waals surface area (Å²) in [5.41, 5.74) is 3.93. The van der Waals surface area contributed by atoms with E-state index in [-0.39, 0.29) is 11.4 Å². The normalized spacial score (nSPS) is 10.9. The van der Waals surface area contributed by atoms with Gasteiger partial charge in [-0.2, -0.15) is 0 Å². The molecule has 0 atom stereocenters. The van der Waals surface area contributed by atoms with Gasteiger partial charge in [0.1, 0.15) is 5.75 Å². The lowest BCUT2D eigenvalue weighted by Crippen LogP contribution is -2.18. The zero-order valence-corrected chi connectivity index (χ0v) is 16.4. The van der Waals surface area contributed by atoms with Crippen LogP contribution in [0.4, 0.5) is 4.39 Å². The van der Waals surface area contributed by atoms with Crippen LogP contribution in [0.1, 0.15) is 32.7 Å². The maximum Gasteiger partial charge on any atom is 0.263 e. The quantitative estimate of drug-likeness (QED) is 0.522. The van der Waals surface area contributed by atoms with E-state index in [0.717, 1.165) is 16.7 Å². The number of nitrogens with zero attached hydrogens (tertiary/aromatic N) is 1. The van der Waals surface area contributed by atoms with Crippen LogP contribution in [-0.4, -0.2) is 30.5 Å². The van der Waals surface area contributed by atoms with Gasteiger partial charge in [-0.15, -0.1) is 0 Å². The number of hydrogen-bond donors (Lipinski definition) is 1. The maximum atomic E-state index is 15.0. The fourth-order valence-electron chi connectivity index (χ4n) is 3.74. The van der Waals surface area contributed by atoms with Crippen molar-refractivity contribution in [2.75, 3.05) is 13.7 Å². The Bertz CT molecular complexity index is 1050. The molecule has 0 bridgehead atoms. The van der Waals surface area contributed by atoms with Crippen LogP contribution in [0.2, 0.25) is 0 Å². The molecule has 0 saturated heterocycles. The average Bonchev–Trinajstić information content (AvgIpc) is 2.94. The molecule has 6 heteroatoms. The second kappa shape index (κ2) is 7.84. The van der Waals surface area contributed by atoms with Gasteiger partial charge in [-0.25, -0.2) is 4.39 Å². The summed E-state index contributed by atoms with van der Waals surface area (Å²) in [5.74, 6) is -0.408. The number of carbonyl (C=O) groups is 2. The molecular weight excluding hydrogens is 359 g/mol. The fraction of sp³-hybridized carbons (Fsp3) is 0.273. The molecule has 1 heterocycles. The molecule has 0 spiro atoms. The predicted octanol–water partition coefficient (Wildman–Crippen LogP) is 3.69. The minimum atomic E-state index is -0.522. The number of benzene rings is 2. The van der Waals surface area contributed by atoms with Crippen molar-refractivity contribution >= 4 is 23.2 Å². The highest BCUT2D eigenvalue weighted by Gasteiger charge is 2.24. The number of amides is 1. The van der Waals surface area contributed by atoms with Gasteiger partial charge in [-0.3, -0.25) is 14.2 Å². The smallest absolute Gasteiger partial charge is 0.263 e. The van der Waals surface area contributed by atoms with E-state index in [1.165, 1.54) is 17.7 Å². The summed E-state index contributed by atoms with van der Waals surface area (Å²) in [4.78, 5) is 24.1. The van der Waals surface area contributed by atoms with E-state index in [4.69, 9.17) is 4.74 Å². The number of fused-ring (bicyclic) bond motifs is 1. The van der Waals surface area contributed by atoms with Gasteiger partial charge < -0.3 is 10.1 Å². The van der Waals surface area contributed by atoms with Gasteiger partial charge in [-0.05, 0) is 49.9 Å². The summed E-state index contributed by atoms with van der Waals surface area (Å²) < 4.78 is 21.7. The molecule has 2 aromatic carbocycles. The van der Waals surface area contributed by atoms with Crippen LogP contribution in [-0.2, 0) is 11.2 Å². The van der Waals surface area contributed by atoms with Crippen molar-refractivity contribution in [3.05, 3.63) is 64.1 Å². The van der Waals surface area contributed by atoms with Gasteiger partial charge in [0, 0.05) is 29.3 Å². The highest BCUT2D eigenvalue weighted by molar-refractivity contribution is 6.06. The van der Waals surface area contributed by atoms with Crippen LogP contribution in [0.25, 0.3) is 10.9 Å². The topological polar surface area (TPSA) is 60.3 Å². The standard InChI is InChI=1S/C22H23FN2O3/c1-13-6-5-7-14(2)20(13)22(27)25-15(3)17(8-9-24-12-26)18-10-16(28-4)11-19(23)21(18)25/h5-7,10-12H,8-9H2,1-4H3,(H,24,26). The first kappa shape index (κ1) is 19.6. The van der Waals surface area contributed by atoms with Crippen molar-refractivity contribution < 1.29 is 18.7 Å². The monoisotopic (exact) mass is 382 g/mol. The number of nitrogens with one attached hydrogen (secondary N) is 1. The molecule has 0 unspecified atom stereocenters. The lowest BCUT2D eigenvalue weighted by molar-refractivity contribution is -0.109. The molecule has 146 valence electrons. The van der Waals surface area contributed by atoms with E-state index >= 15 is 4.39 Å². The van der Waals surface area contributed by atoms with Crippen molar-refractivity contribution in [1.29, 1.82) is 0 Å². The Morgan fingerprint density at radius 2 is 1.89 bits per heavy atom. The van der Waals surface area contributed by atoms with Crippen LogP contribution >= 0.6 is 0 Å². The van der Waals surface area contributed by atoms with Crippen molar-refractivity contribution in [2.24, 2.45) is 0 Å². The molecule has 0 aliphatic carbocycles. The number of aromatic nitrogens is 1. The molecule has 1 aromatic heterocycles. The molecule has 28 heavy (non-hydrogen) atoms. The Morgan fingerprint density at radius 1 is 1.21 bits per heavy atom. The van der Waals surface area contributed by atoms with Crippen molar-refractivity contribution in [3.8, 4) is 5.75 Å². The van der Waals surface area contributed by atoms with E-state index in [9.17, 15) is 9.59 Å². The Hall–Kier alpha value is -3.15. The van der Waals surface area contributed by atoms with E-state index in [2.05, 4.69) is 5.32 Å². The number of carbonyl (C=O) groups excluding carboxylic acids is 2. The molecule has 0 aliphatic heterocycles. The second-order valence-electron chi connectivity index (χ2n) is 6.80. The molecule has 3 rings (SSSR count). The van der Waals surface area contributed by atoms with Gasteiger partial charge >= 0.3 is 0 Å². The number of ether oxygens (including phenoxy) is 1. The van der Waals surface area contributed by atoms with Gasteiger partial charge in [0.2, 0.25) is 6.41 Å². The molecule has 1 amide bonds. The Balaban J connectivity index is 2.29. The highest BCUT2D eigenvalue weighted by atomic mass is 19.1. The lowest BCUT2D eigenvalue weighted by Gasteiger charge is -2.13. The first-order chi connectivity index (χ1) is 13.4. The van der Waals surface area contributed by atoms with E-state index < -0.39 is 5.82 Å². The van der Waals surface area contributed by atoms with Crippen molar-refractivity contribution in [3.63, 3.8) is 0 Å². The zero-order valence-electron chi connectivity index (χ0n) is 16.4. The van der Waals surface area contributed by atoms with Crippen molar-refractivity contribution in [1.82, 2.24) is 9.88 Å². The number of halogens is 1. The number of rotatable bonds is 6. The van der Waals surface area contributed by atoms with E-state index in [1.54, 1.807) is 13.0 Å². The summed E-state index contributed by atoms with van der Waals surface area (Å²) in [6, 6.07) is 8.65. The molecule has 3 aromatic rings. The van der Waals surface area contributed by atoms with Gasteiger partial charge in [0.25, 0.3) is 5.91 Å². The SMILES string of the molecule is COc1cc(F)c2c(c1)c(CCNC=O)c(C)n2C(=O)c1c(C)cccc1C. The van der Waals surface area contributed by atoms with Crippen LogP contribution in [0, 0.1) is 26.6 Å². The summed E-state index contributed by atoms with van der Waals surface area (Å²) in [5, 5.41) is 3.23. The zero-order chi connectivity index (χ0) is 20.4. The van der Waals surface area contributed by atoms with Gasteiger partial charge in [-0.1, -0.05) is 18.2 Å². The molecule has 0 fully saturated rings. The highest BCUT2D eigenvalue weighted by Crippen LogP contribution is 2.33. The molecule has 5 nitrogen and oxygen atoms in total. The largest absolute Gasteiger partial charge is 0.497 e. The predicted molar refractivity (Wildman–Crippen MR) is 107 cm³/mol. The molecule has 0 saturated carbocycles. The minimum absolute atomic E-state index is 0.229. The van der Waals surface area contributed by atoms with Crippen LogP contribution in [0.5, 0.6) is 5.75 Å². The summed E-state index contributed by atoms with van der Waals surface area (Å²) in [6.45, 7) is 5.93. The Morgan fingerprint density at radius 3 is 2.50 bits per heavy atom. The van der Waals surface area contributed by atoms with Crippen LogP contribution < -0.4 is 10.1 Å². The maximum absolute atomic E-state index is 15.0. The minimum Gasteiger partial charge on any atom is -0.497 e. The molecule has 0 radical (unpaired) electrons. The number of methoxy groups -OCH3 is 1. The fourth-order valence-corrected chi connectivity index (χ4v) is 3.74. The number of hydrogen-bond acceptors (Lipinski definition) is 3. The Labute approximate surface area is 163 Å². The van der Waals surface area contributed by atoms with E-state index in [1.807, 2.05) is 32.0 Å². The van der Waals surface area contributed by atoms with E-state index in [0.29, 0.717) is 41.8 Å². The third kappa shape index (κ3) is 3.26. The van der Waals surface area contributed by atoms with Crippen molar-refractivity contribution in [2.45, 2.75) is 27.2 Å². The van der Waals surface area contributed by atoms with Crippen LogP contribution in [0.15, 0.2) is 30.3 Å². The molecule has 1 N–H and O–H groups in total. The average molecular weight is 382 g/mol. The first-order valence-corrected chi connectivity index (χ1v) is 9.06. The third-order valence-electron chi connectivity index (χ3n) is 5.09. The third-order valence-corrected chi connectivity index (χ3v) is 5.09.